The van der Waals surface area contributed by atoms with Crippen LogP contribution in [0.25, 0.3) is 17.1 Å². The van der Waals surface area contributed by atoms with Gasteiger partial charge >= 0.3 is 0 Å². The molecule has 0 unspecified atom stereocenters. The molecule has 2 aromatic carbocycles. The summed E-state index contributed by atoms with van der Waals surface area (Å²) in [6, 6.07) is 13.7. The third-order valence-electron chi connectivity index (χ3n) is 3.18. The molecule has 22 heavy (non-hydrogen) atoms. The lowest BCUT2D eigenvalue weighted by atomic mass is 10.2. The van der Waals surface area contributed by atoms with Gasteiger partial charge in [0.25, 0.3) is 0 Å². The summed E-state index contributed by atoms with van der Waals surface area (Å²) in [5.41, 5.74) is 1.64. The highest BCUT2D eigenvalue weighted by atomic mass is 32.1. The van der Waals surface area contributed by atoms with E-state index in [1.807, 2.05) is 31.2 Å². The number of aromatic nitrogens is 3. The van der Waals surface area contributed by atoms with Crippen LogP contribution in [0, 0.1) is 10.6 Å². The van der Waals surface area contributed by atoms with Crippen LogP contribution in [0.4, 0.5) is 4.39 Å². The van der Waals surface area contributed by atoms with Crippen molar-refractivity contribution >= 4 is 12.2 Å². The zero-order chi connectivity index (χ0) is 15.5. The number of aromatic amines is 1. The maximum Gasteiger partial charge on any atom is 0.200 e. The number of halogens is 1. The number of nitrogens with one attached hydrogen (secondary N) is 1. The van der Waals surface area contributed by atoms with E-state index in [0.717, 1.165) is 17.0 Å². The van der Waals surface area contributed by atoms with Crippen LogP contribution in [0.5, 0.6) is 5.75 Å². The predicted octanol–water partition coefficient (Wildman–Crippen LogP) is 4.13. The van der Waals surface area contributed by atoms with E-state index in [1.165, 1.54) is 12.1 Å². The SMILES string of the molecule is CCOc1ccc(-n2c(-c3ccc(F)cc3)n[nH]c2=S)cc1. The summed E-state index contributed by atoms with van der Waals surface area (Å²) in [6.07, 6.45) is 0. The molecular weight excluding hydrogens is 301 g/mol. The zero-order valence-corrected chi connectivity index (χ0v) is 12.7. The Labute approximate surface area is 132 Å². The first-order valence-corrected chi connectivity index (χ1v) is 7.26. The molecule has 0 spiro atoms. The first-order valence-electron chi connectivity index (χ1n) is 6.85. The lowest BCUT2D eigenvalue weighted by molar-refractivity contribution is 0.340. The molecule has 0 saturated carbocycles. The number of ether oxygens (including phenoxy) is 1. The number of rotatable bonds is 4. The van der Waals surface area contributed by atoms with Gasteiger partial charge in [0, 0.05) is 5.56 Å². The van der Waals surface area contributed by atoms with Crippen LogP contribution in [-0.2, 0) is 0 Å². The van der Waals surface area contributed by atoms with Gasteiger partial charge in [-0.15, -0.1) is 0 Å². The topological polar surface area (TPSA) is 42.8 Å². The van der Waals surface area contributed by atoms with Gasteiger partial charge in [0.15, 0.2) is 10.6 Å². The summed E-state index contributed by atoms with van der Waals surface area (Å²) in [5.74, 6) is 1.14. The maximum atomic E-state index is 13.1. The van der Waals surface area contributed by atoms with Crippen molar-refractivity contribution < 1.29 is 9.13 Å². The van der Waals surface area contributed by atoms with Crippen LogP contribution in [0.15, 0.2) is 48.5 Å². The van der Waals surface area contributed by atoms with Crippen LogP contribution in [0.1, 0.15) is 6.92 Å². The zero-order valence-electron chi connectivity index (χ0n) is 11.9. The van der Waals surface area contributed by atoms with E-state index < -0.39 is 0 Å². The average molecular weight is 315 g/mol. The molecule has 0 aliphatic heterocycles. The van der Waals surface area contributed by atoms with E-state index in [2.05, 4.69) is 10.2 Å². The Kier molecular flexibility index (Phi) is 4.02. The Balaban J connectivity index is 2.05. The first-order chi connectivity index (χ1) is 10.7. The number of hydrogen-bond donors (Lipinski definition) is 1. The van der Waals surface area contributed by atoms with Crippen LogP contribution < -0.4 is 4.74 Å². The van der Waals surface area contributed by atoms with E-state index >= 15 is 0 Å². The normalized spacial score (nSPS) is 10.6. The molecule has 0 bridgehead atoms. The van der Waals surface area contributed by atoms with Crippen molar-refractivity contribution in [3.63, 3.8) is 0 Å². The van der Waals surface area contributed by atoms with E-state index in [0.29, 0.717) is 17.2 Å². The van der Waals surface area contributed by atoms with Crippen molar-refractivity contribution in [3.8, 4) is 22.8 Å². The van der Waals surface area contributed by atoms with Crippen molar-refractivity contribution in [2.45, 2.75) is 6.92 Å². The molecule has 112 valence electrons. The molecule has 6 heteroatoms. The van der Waals surface area contributed by atoms with Crippen molar-refractivity contribution in [1.82, 2.24) is 14.8 Å². The molecule has 4 nitrogen and oxygen atoms in total. The minimum atomic E-state index is -0.287. The number of benzene rings is 2. The van der Waals surface area contributed by atoms with Crippen LogP contribution >= 0.6 is 12.2 Å². The van der Waals surface area contributed by atoms with Gasteiger partial charge in [0.2, 0.25) is 0 Å². The summed E-state index contributed by atoms with van der Waals surface area (Å²) in [6.45, 7) is 2.55. The van der Waals surface area contributed by atoms with Gasteiger partial charge in [0.1, 0.15) is 11.6 Å². The molecule has 3 rings (SSSR count). The van der Waals surface area contributed by atoms with Gasteiger partial charge in [0.05, 0.1) is 12.3 Å². The van der Waals surface area contributed by atoms with E-state index in [4.69, 9.17) is 17.0 Å². The molecule has 0 amide bonds. The van der Waals surface area contributed by atoms with E-state index in [1.54, 1.807) is 16.7 Å². The van der Waals surface area contributed by atoms with Gasteiger partial charge in [-0.3, -0.25) is 9.67 Å². The van der Waals surface area contributed by atoms with Crippen LogP contribution in [0.3, 0.4) is 0 Å². The number of hydrogen-bond acceptors (Lipinski definition) is 3. The molecule has 0 saturated heterocycles. The standard InChI is InChI=1S/C16H14FN3OS/c1-2-21-14-9-7-13(8-10-14)20-15(18-19-16(20)22)11-3-5-12(17)6-4-11/h3-10H,2H2,1H3,(H,19,22). The molecule has 1 N–H and O–H groups in total. The van der Waals surface area contributed by atoms with Gasteiger partial charge in [-0.2, -0.15) is 5.10 Å². The Morgan fingerprint density at radius 1 is 1.14 bits per heavy atom. The molecule has 0 aliphatic carbocycles. The number of nitrogens with zero attached hydrogens (tertiary/aromatic N) is 2. The molecule has 0 radical (unpaired) electrons. The van der Waals surface area contributed by atoms with Crippen molar-refractivity contribution in [2.75, 3.05) is 6.61 Å². The first kappa shape index (κ1) is 14.5. The van der Waals surface area contributed by atoms with Crippen LogP contribution in [0.2, 0.25) is 0 Å². The third-order valence-corrected chi connectivity index (χ3v) is 3.45. The Hall–Kier alpha value is -2.47. The summed E-state index contributed by atoms with van der Waals surface area (Å²) >= 11 is 5.30. The molecule has 0 aliphatic rings. The molecule has 0 atom stereocenters. The van der Waals surface area contributed by atoms with Gasteiger partial charge in [-0.1, -0.05) is 0 Å². The van der Waals surface area contributed by atoms with Gasteiger partial charge in [-0.25, -0.2) is 4.39 Å². The molecular formula is C16H14FN3OS. The number of H-pyrrole nitrogens is 1. The second-order valence-corrected chi connectivity index (χ2v) is 5.01. The monoisotopic (exact) mass is 315 g/mol. The van der Waals surface area contributed by atoms with Gasteiger partial charge in [-0.05, 0) is 67.7 Å². The molecule has 1 heterocycles. The van der Waals surface area contributed by atoms with Crippen molar-refractivity contribution in [2.24, 2.45) is 0 Å². The highest BCUT2D eigenvalue weighted by Crippen LogP contribution is 2.23. The highest BCUT2D eigenvalue weighted by molar-refractivity contribution is 7.71. The maximum absolute atomic E-state index is 13.1. The van der Waals surface area contributed by atoms with Crippen molar-refractivity contribution in [3.05, 3.63) is 59.1 Å². The fraction of sp³-hybridized carbons (Fsp3) is 0.125. The molecule has 0 fully saturated rings. The van der Waals surface area contributed by atoms with Gasteiger partial charge < -0.3 is 4.74 Å². The summed E-state index contributed by atoms with van der Waals surface area (Å²) in [5, 5.41) is 7.02. The van der Waals surface area contributed by atoms with Crippen molar-refractivity contribution in [1.29, 1.82) is 0 Å². The third kappa shape index (κ3) is 2.78. The largest absolute Gasteiger partial charge is 0.494 e. The fourth-order valence-electron chi connectivity index (χ4n) is 2.19. The quantitative estimate of drug-likeness (QED) is 0.736. The summed E-state index contributed by atoms with van der Waals surface area (Å²) in [7, 11) is 0. The second-order valence-electron chi connectivity index (χ2n) is 4.62. The van der Waals surface area contributed by atoms with E-state index in [-0.39, 0.29) is 5.82 Å². The Bertz CT molecular complexity index is 822. The Morgan fingerprint density at radius 2 is 1.82 bits per heavy atom. The minimum absolute atomic E-state index is 0.287. The molecule has 1 aromatic heterocycles. The predicted molar refractivity (Wildman–Crippen MR) is 85.3 cm³/mol. The minimum Gasteiger partial charge on any atom is -0.494 e. The fourth-order valence-corrected chi connectivity index (χ4v) is 2.42. The molecule has 3 aromatic rings. The Morgan fingerprint density at radius 3 is 2.45 bits per heavy atom. The van der Waals surface area contributed by atoms with Crippen LogP contribution in [-0.4, -0.2) is 21.4 Å². The smallest absolute Gasteiger partial charge is 0.200 e. The van der Waals surface area contributed by atoms with E-state index in [9.17, 15) is 4.39 Å². The summed E-state index contributed by atoms with van der Waals surface area (Å²) < 4.78 is 20.8. The second kappa shape index (κ2) is 6.11. The highest BCUT2D eigenvalue weighted by Gasteiger charge is 2.11. The lowest BCUT2D eigenvalue weighted by Crippen LogP contribution is -1.98. The average Bonchev–Trinajstić information content (AvgIpc) is 2.91. The lowest BCUT2D eigenvalue weighted by Gasteiger charge is -2.08. The summed E-state index contributed by atoms with van der Waals surface area (Å²) in [4.78, 5) is 0.